The van der Waals surface area contributed by atoms with E-state index in [1.54, 1.807) is 12.4 Å². The lowest BCUT2D eigenvalue weighted by molar-refractivity contribution is -0.149. The van der Waals surface area contributed by atoms with Crippen LogP contribution < -0.4 is 16.0 Å². The zero-order valence-electron chi connectivity index (χ0n) is 22.8. The van der Waals surface area contributed by atoms with Gasteiger partial charge in [0.1, 0.15) is 5.82 Å². The minimum Gasteiger partial charge on any atom is -0.463 e. The van der Waals surface area contributed by atoms with Crippen molar-refractivity contribution in [3.63, 3.8) is 0 Å². The summed E-state index contributed by atoms with van der Waals surface area (Å²) in [6.45, 7) is 9.98. The molecule has 2 saturated heterocycles. The maximum absolute atomic E-state index is 12.7. The highest BCUT2D eigenvalue weighted by molar-refractivity contribution is 5.81. The van der Waals surface area contributed by atoms with Gasteiger partial charge in [0, 0.05) is 60.1 Å². The van der Waals surface area contributed by atoms with E-state index < -0.39 is 5.92 Å². The highest BCUT2D eigenvalue weighted by atomic mass is 16.5. The fraction of sp³-hybridized carbons (Fsp3) is 0.448. The van der Waals surface area contributed by atoms with Gasteiger partial charge >= 0.3 is 5.97 Å². The van der Waals surface area contributed by atoms with Crippen molar-refractivity contribution in [2.75, 3.05) is 36.1 Å². The average Bonchev–Trinajstić information content (AvgIpc) is 3.45. The predicted octanol–water partition coefficient (Wildman–Crippen LogP) is 4.51. The molecule has 0 saturated carbocycles. The van der Waals surface area contributed by atoms with Crippen LogP contribution in [0.3, 0.4) is 0 Å². The number of likely N-dealkylation sites (tertiary alicyclic amines) is 1. The Morgan fingerprint density at radius 1 is 1.18 bits per heavy atom. The van der Waals surface area contributed by atoms with Gasteiger partial charge in [-0.2, -0.15) is 0 Å². The summed E-state index contributed by atoms with van der Waals surface area (Å²) in [6, 6.07) is 11.4. The van der Waals surface area contributed by atoms with Crippen molar-refractivity contribution < 1.29 is 9.53 Å². The molecule has 3 aromatic rings. The number of nitrogens with one attached hydrogen (secondary N) is 1. The molecule has 0 spiro atoms. The van der Waals surface area contributed by atoms with E-state index in [1.165, 1.54) is 17.7 Å². The second kappa shape index (κ2) is 10.6. The number of rotatable bonds is 8. The molecule has 3 N–H and O–H groups in total. The summed E-state index contributed by atoms with van der Waals surface area (Å²) in [5.41, 5.74) is 11.7. The highest BCUT2D eigenvalue weighted by Crippen LogP contribution is 2.36. The number of ether oxygens (including phenoxy) is 1. The van der Waals surface area contributed by atoms with Crippen molar-refractivity contribution in [3.05, 3.63) is 53.9 Å². The van der Waals surface area contributed by atoms with Gasteiger partial charge in [-0.25, -0.2) is 15.0 Å². The third-order valence-electron chi connectivity index (χ3n) is 7.60. The molecule has 9 nitrogen and oxygen atoms in total. The number of nitrogens with two attached hydrogens (primary N) is 1. The molecular weight excluding hydrogens is 478 g/mol. The van der Waals surface area contributed by atoms with Crippen molar-refractivity contribution in [2.24, 2.45) is 0 Å². The van der Waals surface area contributed by atoms with Crippen LogP contribution >= 0.6 is 0 Å². The van der Waals surface area contributed by atoms with Gasteiger partial charge in [0.05, 0.1) is 17.7 Å². The lowest BCUT2D eigenvalue weighted by atomic mass is 9.95. The number of aromatic nitrogens is 3. The first-order chi connectivity index (χ1) is 18.2. The third kappa shape index (κ3) is 5.15. The van der Waals surface area contributed by atoms with Gasteiger partial charge in [-0.05, 0) is 76.6 Å². The molecule has 2 bridgehead atoms. The van der Waals surface area contributed by atoms with Gasteiger partial charge in [0.2, 0.25) is 5.95 Å². The Bertz CT molecular complexity index is 1330. The lowest BCUT2D eigenvalue weighted by Gasteiger charge is -2.34. The number of piperazine rings is 1. The van der Waals surface area contributed by atoms with E-state index in [9.17, 15) is 4.79 Å². The van der Waals surface area contributed by atoms with Crippen LogP contribution in [0, 0.1) is 6.92 Å². The van der Waals surface area contributed by atoms with E-state index in [4.69, 9.17) is 15.5 Å². The zero-order valence-corrected chi connectivity index (χ0v) is 22.8. The first kappa shape index (κ1) is 25.9. The van der Waals surface area contributed by atoms with Crippen LogP contribution in [0.15, 0.2) is 42.7 Å². The van der Waals surface area contributed by atoms with Gasteiger partial charge in [-0.3, -0.25) is 9.69 Å². The Hall–Kier alpha value is -3.72. The maximum Gasteiger partial charge on any atom is 0.313 e. The molecular formula is C29H37N7O2. The molecule has 9 heteroatoms. The number of hydrogen-bond acceptors (Lipinski definition) is 9. The van der Waals surface area contributed by atoms with Gasteiger partial charge in [-0.1, -0.05) is 6.92 Å². The Labute approximate surface area is 224 Å². The van der Waals surface area contributed by atoms with Crippen LogP contribution in [-0.4, -0.2) is 64.1 Å². The number of hydrogen-bond donors (Lipinski definition) is 2. The number of benzene rings is 1. The smallest absolute Gasteiger partial charge is 0.313 e. The number of likely N-dealkylation sites (N-methyl/N-ethyl adjacent to an activating group) is 1. The zero-order chi connectivity index (χ0) is 27.0. The molecule has 1 aromatic carbocycles. The monoisotopic (exact) mass is 515 g/mol. The summed E-state index contributed by atoms with van der Waals surface area (Å²) in [4.78, 5) is 31.2. The van der Waals surface area contributed by atoms with Crippen LogP contribution in [-0.2, 0) is 9.53 Å². The maximum atomic E-state index is 12.7. The molecule has 2 aliphatic heterocycles. The largest absolute Gasteiger partial charge is 0.463 e. The lowest BCUT2D eigenvalue weighted by Crippen LogP contribution is -2.44. The van der Waals surface area contributed by atoms with E-state index in [0.29, 0.717) is 41.5 Å². The standard InChI is InChI=1S/C29H37N7O2/c1-6-23(28(37)38-17(2)3)24-12-19(14-32-27(24)30)25-9-10-31-29(34-25)33-20-7-8-26(18(4)11-20)36-16-21-13-22(36)15-35(21)5/h7-12,14,17,21-23H,6,13,15-16H2,1-5H3,(H2,30,32)(H,31,33,34)/t21-,22-,23?/m0/s1. The Morgan fingerprint density at radius 3 is 2.66 bits per heavy atom. The number of fused-ring (bicyclic) bond motifs is 2. The molecule has 3 atom stereocenters. The van der Waals surface area contributed by atoms with E-state index in [0.717, 1.165) is 24.3 Å². The molecule has 2 aromatic heterocycles. The van der Waals surface area contributed by atoms with Crippen LogP contribution in [0.5, 0.6) is 0 Å². The molecule has 4 heterocycles. The summed E-state index contributed by atoms with van der Waals surface area (Å²) in [6.07, 6.45) is 4.99. The molecule has 1 unspecified atom stereocenters. The summed E-state index contributed by atoms with van der Waals surface area (Å²) in [7, 11) is 2.22. The van der Waals surface area contributed by atoms with Crippen LogP contribution in [0.2, 0.25) is 0 Å². The van der Waals surface area contributed by atoms with Crippen molar-refractivity contribution in [1.29, 1.82) is 0 Å². The molecule has 0 aliphatic carbocycles. The van der Waals surface area contributed by atoms with E-state index in [-0.39, 0.29) is 12.1 Å². The SMILES string of the molecule is CCC(C(=O)OC(C)C)c1cc(-c2ccnc(Nc3ccc(N4C[C@@H]5C[C@H]4CN5C)c(C)c3)n2)cnc1N. The number of carbonyl (C=O) groups excluding carboxylic acids is 1. The number of pyridine rings is 1. The van der Waals surface area contributed by atoms with Crippen molar-refractivity contribution in [1.82, 2.24) is 19.9 Å². The third-order valence-corrected chi connectivity index (χ3v) is 7.60. The Kier molecular flexibility index (Phi) is 7.21. The second-order valence-corrected chi connectivity index (χ2v) is 10.7. The molecule has 200 valence electrons. The summed E-state index contributed by atoms with van der Waals surface area (Å²) in [5.74, 6) is 0.0195. The molecule has 0 radical (unpaired) electrons. The molecule has 2 fully saturated rings. The second-order valence-electron chi connectivity index (χ2n) is 10.7. The summed E-state index contributed by atoms with van der Waals surface area (Å²) >= 11 is 0. The topological polar surface area (TPSA) is 110 Å². The minimum absolute atomic E-state index is 0.200. The van der Waals surface area contributed by atoms with E-state index in [1.807, 2.05) is 32.9 Å². The minimum atomic E-state index is -0.489. The van der Waals surface area contributed by atoms with E-state index >= 15 is 0 Å². The van der Waals surface area contributed by atoms with Gasteiger partial charge in [0.15, 0.2) is 0 Å². The average molecular weight is 516 g/mol. The highest BCUT2D eigenvalue weighted by Gasteiger charge is 2.41. The predicted molar refractivity (Wildman–Crippen MR) is 151 cm³/mol. The first-order valence-corrected chi connectivity index (χ1v) is 13.4. The number of nitrogen functional groups attached to an aromatic ring is 1. The van der Waals surface area contributed by atoms with Gasteiger partial charge < -0.3 is 20.7 Å². The molecule has 0 amide bonds. The van der Waals surface area contributed by atoms with Crippen LogP contribution in [0.4, 0.5) is 23.1 Å². The van der Waals surface area contributed by atoms with Crippen molar-refractivity contribution in [3.8, 4) is 11.3 Å². The number of nitrogens with zero attached hydrogens (tertiary/aromatic N) is 5. The Balaban J connectivity index is 1.34. The van der Waals surface area contributed by atoms with Crippen LogP contribution in [0.1, 0.15) is 50.7 Å². The first-order valence-electron chi connectivity index (χ1n) is 13.4. The number of aryl methyl sites for hydroxylation is 1. The number of anilines is 4. The van der Waals surface area contributed by atoms with E-state index in [2.05, 4.69) is 57.3 Å². The molecule has 5 rings (SSSR count). The molecule has 38 heavy (non-hydrogen) atoms. The Morgan fingerprint density at radius 2 is 2.00 bits per heavy atom. The van der Waals surface area contributed by atoms with Crippen molar-refractivity contribution >= 4 is 29.1 Å². The fourth-order valence-corrected chi connectivity index (χ4v) is 5.66. The van der Waals surface area contributed by atoms with Crippen LogP contribution in [0.25, 0.3) is 11.3 Å². The van der Waals surface area contributed by atoms with Crippen molar-refractivity contribution in [2.45, 2.75) is 64.6 Å². The normalized spacial score (nSPS) is 19.7. The molecule has 2 aliphatic rings. The fourth-order valence-electron chi connectivity index (χ4n) is 5.66. The summed E-state index contributed by atoms with van der Waals surface area (Å²) in [5, 5.41) is 3.35. The van der Waals surface area contributed by atoms with Gasteiger partial charge in [0.25, 0.3) is 0 Å². The van der Waals surface area contributed by atoms with Gasteiger partial charge in [-0.15, -0.1) is 0 Å². The summed E-state index contributed by atoms with van der Waals surface area (Å²) < 4.78 is 5.45. The quantitative estimate of drug-likeness (QED) is 0.419. The number of esters is 1. The number of carbonyl (C=O) groups is 1.